The normalized spacial score (nSPS) is 19.5. The fourth-order valence-corrected chi connectivity index (χ4v) is 3.13. The van der Waals surface area contributed by atoms with Gasteiger partial charge >= 0.3 is 7.12 Å². The third-order valence-corrected chi connectivity index (χ3v) is 5.74. The van der Waals surface area contributed by atoms with E-state index in [1.165, 1.54) is 0 Å². The molecule has 0 bridgehead atoms. The van der Waals surface area contributed by atoms with Gasteiger partial charge in [0.15, 0.2) is 0 Å². The van der Waals surface area contributed by atoms with E-state index in [0.717, 1.165) is 21.1 Å². The van der Waals surface area contributed by atoms with Crippen molar-refractivity contribution in [2.45, 2.75) is 65.0 Å². The molecule has 2 aromatic rings. The average molecular weight is 449 g/mol. The Morgan fingerprint density at radius 1 is 0.821 bits per heavy atom. The van der Waals surface area contributed by atoms with Gasteiger partial charge in [0.25, 0.3) is 0 Å². The van der Waals surface area contributed by atoms with Gasteiger partial charge < -0.3 is 19.5 Å². The van der Waals surface area contributed by atoms with E-state index in [2.05, 4.69) is 15.9 Å². The molecule has 1 saturated heterocycles. The molecule has 0 aliphatic carbocycles. The summed E-state index contributed by atoms with van der Waals surface area (Å²) in [7, 11) is -0.367. The zero-order valence-electron chi connectivity index (χ0n) is 17.4. The second-order valence-corrected chi connectivity index (χ2v) is 9.08. The topological polar surface area (TPSA) is 58.9 Å². The maximum atomic E-state index is 9.61. The van der Waals surface area contributed by atoms with Crippen molar-refractivity contribution in [3.05, 3.63) is 64.1 Å². The van der Waals surface area contributed by atoms with E-state index in [-0.39, 0.29) is 24.4 Å². The third kappa shape index (κ3) is 5.68. The Labute approximate surface area is 177 Å². The van der Waals surface area contributed by atoms with Gasteiger partial charge in [0.05, 0.1) is 23.4 Å². The van der Waals surface area contributed by atoms with Gasteiger partial charge in [-0.15, -0.1) is 0 Å². The molecule has 0 saturated carbocycles. The Morgan fingerprint density at radius 3 is 1.71 bits per heavy atom. The van der Waals surface area contributed by atoms with Crippen LogP contribution in [-0.2, 0) is 9.31 Å². The van der Waals surface area contributed by atoms with Crippen molar-refractivity contribution < 1.29 is 19.5 Å². The lowest BCUT2D eigenvalue weighted by molar-refractivity contribution is 0.00578. The Morgan fingerprint density at radius 2 is 1.29 bits per heavy atom. The second-order valence-electron chi connectivity index (χ2n) is 8.17. The van der Waals surface area contributed by atoms with Gasteiger partial charge in [0, 0.05) is 4.47 Å². The molecule has 0 spiro atoms. The van der Waals surface area contributed by atoms with Crippen molar-refractivity contribution in [3.8, 4) is 0 Å². The molecule has 1 aliphatic rings. The standard InChI is InChI=1S/C14H21BO3.C8H9BrO/c1-10(16)11-7-6-8-12(9-11)15-17-13(2,3)14(4,5)18-15;1-6(10)7-3-2-4-8(9)5-7/h6-10,16H,1-5H3;2-6,10H,1H3/t10-;6-/m11/s1. The van der Waals surface area contributed by atoms with Crippen molar-refractivity contribution in [2.75, 3.05) is 0 Å². The van der Waals surface area contributed by atoms with Gasteiger partial charge in [-0.1, -0.05) is 52.3 Å². The Balaban J connectivity index is 0.000000237. The van der Waals surface area contributed by atoms with Crippen LogP contribution in [0.25, 0.3) is 0 Å². The molecule has 152 valence electrons. The monoisotopic (exact) mass is 448 g/mol. The molecule has 4 nitrogen and oxygen atoms in total. The number of hydrogen-bond donors (Lipinski definition) is 2. The van der Waals surface area contributed by atoms with Gasteiger partial charge in [-0.25, -0.2) is 0 Å². The first-order valence-electron chi connectivity index (χ1n) is 9.50. The SMILES string of the molecule is C[C@@H](O)c1cccc(B2OC(C)(C)C(C)(C)O2)c1.C[C@@H](O)c1cccc(Br)c1. The van der Waals surface area contributed by atoms with Crippen molar-refractivity contribution in [3.63, 3.8) is 0 Å². The average Bonchev–Trinajstić information content (AvgIpc) is 2.83. The summed E-state index contributed by atoms with van der Waals surface area (Å²) in [6.45, 7) is 11.6. The third-order valence-electron chi connectivity index (χ3n) is 5.25. The van der Waals surface area contributed by atoms with Crippen LogP contribution in [-0.4, -0.2) is 28.5 Å². The Bertz CT molecular complexity index is 774. The highest BCUT2D eigenvalue weighted by Crippen LogP contribution is 2.36. The number of benzene rings is 2. The van der Waals surface area contributed by atoms with E-state index in [1.54, 1.807) is 13.8 Å². The Kier molecular flexibility index (Phi) is 7.51. The van der Waals surface area contributed by atoms with Crippen LogP contribution in [0.2, 0.25) is 0 Å². The molecule has 1 heterocycles. The summed E-state index contributed by atoms with van der Waals surface area (Å²) in [5.74, 6) is 0. The van der Waals surface area contributed by atoms with E-state index < -0.39 is 6.10 Å². The first-order chi connectivity index (χ1) is 12.9. The van der Waals surface area contributed by atoms with Crippen molar-refractivity contribution in [2.24, 2.45) is 0 Å². The van der Waals surface area contributed by atoms with Crippen molar-refractivity contribution in [1.82, 2.24) is 0 Å². The predicted octanol–water partition coefficient (Wildman–Crippen LogP) is 4.54. The van der Waals surface area contributed by atoms with Gasteiger partial charge in [0.1, 0.15) is 0 Å². The van der Waals surface area contributed by atoms with Gasteiger partial charge in [-0.2, -0.15) is 0 Å². The molecule has 0 aromatic heterocycles. The van der Waals surface area contributed by atoms with Crippen LogP contribution in [0, 0.1) is 0 Å². The molecule has 1 aliphatic heterocycles. The highest BCUT2D eigenvalue weighted by molar-refractivity contribution is 9.10. The smallest absolute Gasteiger partial charge is 0.399 e. The first kappa shape index (κ1) is 23.1. The van der Waals surface area contributed by atoms with Crippen LogP contribution >= 0.6 is 15.9 Å². The zero-order valence-corrected chi connectivity index (χ0v) is 19.0. The highest BCUT2D eigenvalue weighted by atomic mass is 79.9. The summed E-state index contributed by atoms with van der Waals surface area (Å²) in [5, 5.41) is 18.7. The largest absolute Gasteiger partial charge is 0.494 e. The van der Waals surface area contributed by atoms with Crippen LogP contribution in [0.3, 0.4) is 0 Å². The van der Waals surface area contributed by atoms with Crippen LogP contribution < -0.4 is 5.46 Å². The molecule has 2 N–H and O–H groups in total. The predicted molar refractivity (Wildman–Crippen MR) is 118 cm³/mol. The summed E-state index contributed by atoms with van der Waals surface area (Å²) < 4.78 is 13.0. The van der Waals surface area contributed by atoms with Crippen molar-refractivity contribution in [1.29, 1.82) is 0 Å². The fourth-order valence-electron chi connectivity index (χ4n) is 2.71. The maximum absolute atomic E-state index is 9.61. The maximum Gasteiger partial charge on any atom is 0.494 e. The van der Waals surface area contributed by atoms with Crippen LogP contribution in [0.1, 0.15) is 64.9 Å². The molecule has 2 aromatic carbocycles. The lowest BCUT2D eigenvalue weighted by atomic mass is 9.78. The van der Waals surface area contributed by atoms with Gasteiger partial charge in [0.2, 0.25) is 0 Å². The number of aliphatic hydroxyl groups excluding tert-OH is 2. The molecule has 0 unspecified atom stereocenters. The van der Waals surface area contributed by atoms with E-state index in [0.29, 0.717) is 0 Å². The first-order valence-corrected chi connectivity index (χ1v) is 10.3. The van der Waals surface area contributed by atoms with Crippen LogP contribution in [0.5, 0.6) is 0 Å². The number of halogens is 1. The molecular weight excluding hydrogens is 419 g/mol. The van der Waals surface area contributed by atoms with E-state index in [9.17, 15) is 5.11 Å². The number of aliphatic hydroxyl groups is 2. The van der Waals surface area contributed by atoms with Crippen LogP contribution in [0.15, 0.2) is 53.0 Å². The molecular formula is C22H30BBrO4. The molecule has 3 rings (SSSR count). The zero-order chi connectivity index (χ0) is 21.1. The number of hydrogen-bond acceptors (Lipinski definition) is 4. The minimum Gasteiger partial charge on any atom is -0.399 e. The summed E-state index contributed by atoms with van der Waals surface area (Å²) in [6, 6.07) is 15.4. The fraction of sp³-hybridized carbons (Fsp3) is 0.455. The van der Waals surface area contributed by atoms with Gasteiger partial charge in [-0.3, -0.25) is 0 Å². The summed E-state index contributed by atoms with van der Waals surface area (Å²) in [5.41, 5.74) is 2.10. The minimum atomic E-state index is -0.479. The minimum absolute atomic E-state index is 0.335. The van der Waals surface area contributed by atoms with E-state index >= 15 is 0 Å². The quantitative estimate of drug-likeness (QED) is 0.676. The summed E-state index contributed by atoms with van der Waals surface area (Å²) in [4.78, 5) is 0. The van der Waals surface area contributed by atoms with E-state index in [4.69, 9.17) is 14.4 Å². The molecule has 28 heavy (non-hydrogen) atoms. The number of rotatable bonds is 3. The molecule has 6 heteroatoms. The second kappa shape index (κ2) is 9.10. The lowest BCUT2D eigenvalue weighted by Gasteiger charge is -2.32. The highest BCUT2D eigenvalue weighted by Gasteiger charge is 2.51. The molecule has 1 fully saturated rings. The Hall–Kier alpha value is -1.18. The van der Waals surface area contributed by atoms with Crippen molar-refractivity contribution >= 4 is 28.5 Å². The lowest BCUT2D eigenvalue weighted by Crippen LogP contribution is -2.41. The molecule has 2 atom stereocenters. The summed E-state index contributed by atoms with van der Waals surface area (Å²) in [6.07, 6.45) is -0.857. The van der Waals surface area contributed by atoms with E-state index in [1.807, 2.05) is 76.2 Å². The van der Waals surface area contributed by atoms with Crippen LogP contribution in [0.4, 0.5) is 0 Å². The molecule has 0 radical (unpaired) electrons. The van der Waals surface area contributed by atoms with Gasteiger partial charge in [-0.05, 0) is 70.3 Å². The summed E-state index contributed by atoms with van der Waals surface area (Å²) >= 11 is 3.32. The molecule has 0 amide bonds.